The first-order valence-corrected chi connectivity index (χ1v) is 6.31. The zero-order valence-electron chi connectivity index (χ0n) is 9.76. The topological polar surface area (TPSA) is 26.0 Å². The van der Waals surface area contributed by atoms with Gasteiger partial charge in [-0.1, -0.05) is 41.9 Å². The molecular formula is C13H20BrN. The van der Waals surface area contributed by atoms with E-state index in [0.29, 0.717) is 0 Å². The van der Waals surface area contributed by atoms with Gasteiger partial charge in [-0.2, -0.15) is 0 Å². The number of nitrogens with two attached hydrogens (primary N) is 1. The summed E-state index contributed by atoms with van der Waals surface area (Å²) in [6.45, 7) is 6.56. The predicted octanol–water partition coefficient (Wildman–Crippen LogP) is 4.19. The van der Waals surface area contributed by atoms with E-state index in [-0.39, 0.29) is 6.04 Å². The maximum absolute atomic E-state index is 6.16. The number of hydrogen-bond acceptors (Lipinski definition) is 1. The summed E-state index contributed by atoms with van der Waals surface area (Å²) >= 11 is 3.57. The summed E-state index contributed by atoms with van der Waals surface area (Å²) < 4.78 is 1.14. The minimum absolute atomic E-state index is 0.155. The Hall–Kier alpha value is -0.340. The van der Waals surface area contributed by atoms with Gasteiger partial charge in [0, 0.05) is 10.5 Å². The van der Waals surface area contributed by atoms with Crippen LogP contribution in [0.2, 0.25) is 0 Å². The lowest BCUT2D eigenvalue weighted by Crippen LogP contribution is -2.11. The lowest BCUT2D eigenvalue weighted by atomic mass is 9.98. The molecule has 0 bridgehead atoms. The van der Waals surface area contributed by atoms with Crippen molar-refractivity contribution in [2.45, 2.75) is 39.7 Å². The first-order valence-electron chi connectivity index (χ1n) is 5.52. The number of halogens is 1. The Labute approximate surface area is 101 Å². The molecule has 1 aromatic rings. The van der Waals surface area contributed by atoms with Crippen molar-refractivity contribution in [1.82, 2.24) is 0 Å². The van der Waals surface area contributed by atoms with Crippen LogP contribution in [0.5, 0.6) is 0 Å². The van der Waals surface area contributed by atoms with Crippen molar-refractivity contribution in [2.75, 3.05) is 0 Å². The van der Waals surface area contributed by atoms with E-state index in [1.165, 1.54) is 17.5 Å². The van der Waals surface area contributed by atoms with Gasteiger partial charge in [0.25, 0.3) is 0 Å². The molecule has 1 atom stereocenters. The summed E-state index contributed by atoms with van der Waals surface area (Å²) in [5, 5.41) is 0. The summed E-state index contributed by atoms with van der Waals surface area (Å²) in [5.74, 6) is 0.722. The molecule has 2 heteroatoms. The van der Waals surface area contributed by atoms with Gasteiger partial charge in [0.05, 0.1) is 0 Å². The van der Waals surface area contributed by atoms with E-state index in [1.807, 2.05) is 0 Å². The zero-order valence-corrected chi connectivity index (χ0v) is 11.3. The molecule has 84 valence electrons. The molecule has 0 saturated carbocycles. The van der Waals surface area contributed by atoms with Crippen molar-refractivity contribution < 1.29 is 0 Å². The third kappa shape index (κ3) is 3.96. The van der Waals surface area contributed by atoms with Crippen molar-refractivity contribution in [1.29, 1.82) is 0 Å². The lowest BCUT2D eigenvalue weighted by molar-refractivity contribution is 0.506. The molecule has 2 N–H and O–H groups in total. The van der Waals surface area contributed by atoms with Crippen LogP contribution >= 0.6 is 15.9 Å². The average molecular weight is 270 g/mol. The van der Waals surface area contributed by atoms with Crippen LogP contribution in [-0.2, 0) is 0 Å². The Morgan fingerprint density at radius 1 is 1.27 bits per heavy atom. The van der Waals surface area contributed by atoms with E-state index in [1.54, 1.807) is 0 Å². The second kappa shape index (κ2) is 5.66. The number of rotatable bonds is 4. The van der Waals surface area contributed by atoms with Crippen LogP contribution in [-0.4, -0.2) is 0 Å². The lowest BCUT2D eigenvalue weighted by Gasteiger charge is -2.15. The summed E-state index contributed by atoms with van der Waals surface area (Å²) in [4.78, 5) is 0. The second-order valence-electron chi connectivity index (χ2n) is 4.60. The van der Waals surface area contributed by atoms with E-state index in [4.69, 9.17) is 5.73 Å². The standard InChI is InChI=1S/C13H20BrN/c1-9(2)4-7-13(15)11-6-5-10(3)8-12(11)14/h5-6,8-9,13H,4,7,15H2,1-3H3/t13-/m0/s1. The second-order valence-corrected chi connectivity index (χ2v) is 5.46. The first kappa shape index (κ1) is 12.7. The van der Waals surface area contributed by atoms with Gasteiger partial charge in [0.1, 0.15) is 0 Å². The minimum atomic E-state index is 0.155. The van der Waals surface area contributed by atoms with Crippen molar-refractivity contribution >= 4 is 15.9 Å². The molecule has 0 spiro atoms. The highest BCUT2D eigenvalue weighted by atomic mass is 79.9. The molecule has 0 unspecified atom stereocenters. The molecule has 0 aromatic heterocycles. The highest BCUT2D eigenvalue weighted by molar-refractivity contribution is 9.10. The molecular weight excluding hydrogens is 250 g/mol. The molecule has 0 aliphatic heterocycles. The molecule has 0 fully saturated rings. The van der Waals surface area contributed by atoms with Crippen molar-refractivity contribution in [3.8, 4) is 0 Å². The molecule has 0 saturated heterocycles. The highest BCUT2D eigenvalue weighted by Crippen LogP contribution is 2.26. The van der Waals surface area contributed by atoms with E-state index in [0.717, 1.165) is 16.8 Å². The van der Waals surface area contributed by atoms with Gasteiger partial charge in [-0.05, 0) is 42.9 Å². The summed E-state index contributed by atoms with van der Waals surface area (Å²) in [5.41, 5.74) is 8.65. The monoisotopic (exact) mass is 269 g/mol. The van der Waals surface area contributed by atoms with Gasteiger partial charge in [0.2, 0.25) is 0 Å². The molecule has 0 amide bonds. The van der Waals surface area contributed by atoms with Gasteiger partial charge in [-0.3, -0.25) is 0 Å². The van der Waals surface area contributed by atoms with Gasteiger partial charge in [0.15, 0.2) is 0 Å². The van der Waals surface area contributed by atoms with E-state index in [9.17, 15) is 0 Å². The number of aryl methyl sites for hydroxylation is 1. The molecule has 1 rings (SSSR count). The Morgan fingerprint density at radius 3 is 2.47 bits per heavy atom. The molecule has 0 aliphatic rings. The molecule has 1 aromatic carbocycles. The van der Waals surface area contributed by atoms with Crippen LogP contribution < -0.4 is 5.73 Å². The minimum Gasteiger partial charge on any atom is -0.324 e. The fourth-order valence-corrected chi connectivity index (χ4v) is 2.39. The first-order chi connectivity index (χ1) is 7.00. The van der Waals surface area contributed by atoms with Crippen LogP contribution in [0.3, 0.4) is 0 Å². The Bertz CT molecular complexity index is 320. The van der Waals surface area contributed by atoms with Crippen molar-refractivity contribution in [3.05, 3.63) is 33.8 Å². The normalized spacial score (nSPS) is 13.2. The molecule has 15 heavy (non-hydrogen) atoms. The van der Waals surface area contributed by atoms with Crippen LogP contribution in [0.25, 0.3) is 0 Å². The Balaban J connectivity index is 2.69. The van der Waals surface area contributed by atoms with Gasteiger partial charge >= 0.3 is 0 Å². The summed E-state index contributed by atoms with van der Waals surface area (Å²) in [7, 11) is 0. The van der Waals surface area contributed by atoms with Crippen LogP contribution in [0.1, 0.15) is 43.9 Å². The molecule has 0 aliphatic carbocycles. The van der Waals surface area contributed by atoms with Gasteiger partial charge in [-0.25, -0.2) is 0 Å². The van der Waals surface area contributed by atoms with Crippen LogP contribution in [0, 0.1) is 12.8 Å². The molecule has 0 radical (unpaired) electrons. The highest BCUT2D eigenvalue weighted by Gasteiger charge is 2.10. The fourth-order valence-electron chi connectivity index (χ4n) is 1.60. The average Bonchev–Trinajstić information content (AvgIpc) is 2.14. The Morgan fingerprint density at radius 2 is 1.93 bits per heavy atom. The maximum atomic E-state index is 6.16. The largest absolute Gasteiger partial charge is 0.324 e. The number of hydrogen-bond donors (Lipinski definition) is 1. The smallest absolute Gasteiger partial charge is 0.0306 e. The van der Waals surface area contributed by atoms with E-state index in [2.05, 4.69) is 54.9 Å². The molecule has 1 nitrogen and oxygen atoms in total. The van der Waals surface area contributed by atoms with E-state index >= 15 is 0 Å². The third-order valence-corrected chi connectivity index (χ3v) is 3.30. The van der Waals surface area contributed by atoms with Crippen molar-refractivity contribution in [2.24, 2.45) is 11.7 Å². The summed E-state index contributed by atoms with van der Waals surface area (Å²) in [6.07, 6.45) is 2.24. The maximum Gasteiger partial charge on any atom is 0.0306 e. The quantitative estimate of drug-likeness (QED) is 0.872. The Kier molecular flexibility index (Phi) is 4.81. The van der Waals surface area contributed by atoms with Crippen molar-refractivity contribution in [3.63, 3.8) is 0 Å². The van der Waals surface area contributed by atoms with Crippen LogP contribution in [0.15, 0.2) is 22.7 Å². The van der Waals surface area contributed by atoms with Gasteiger partial charge in [-0.15, -0.1) is 0 Å². The number of benzene rings is 1. The van der Waals surface area contributed by atoms with Gasteiger partial charge < -0.3 is 5.73 Å². The SMILES string of the molecule is Cc1ccc([C@@H](N)CCC(C)C)c(Br)c1. The molecule has 0 heterocycles. The fraction of sp³-hybridized carbons (Fsp3) is 0.538. The summed E-state index contributed by atoms with van der Waals surface area (Å²) in [6, 6.07) is 6.53. The predicted molar refractivity (Wildman–Crippen MR) is 69.9 cm³/mol. The van der Waals surface area contributed by atoms with Crippen LogP contribution in [0.4, 0.5) is 0 Å². The van der Waals surface area contributed by atoms with E-state index < -0.39 is 0 Å². The third-order valence-electron chi connectivity index (χ3n) is 2.61. The zero-order chi connectivity index (χ0) is 11.4.